The van der Waals surface area contributed by atoms with Crippen molar-refractivity contribution in [3.05, 3.63) is 65.2 Å². The zero-order valence-electron chi connectivity index (χ0n) is 13.1. The van der Waals surface area contributed by atoms with Gasteiger partial charge >= 0.3 is 5.97 Å². The molecular weight excluding hydrogens is 294 g/mol. The van der Waals surface area contributed by atoms with Gasteiger partial charge in [-0.2, -0.15) is 0 Å². The van der Waals surface area contributed by atoms with Crippen LogP contribution in [-0.2, 0) is 9.53 Å². The second kappa shape index (κ2) is 7.45. The molecule has 2 aromatic carbocycles. The van der Waals surface area contributed by atoms with Crippen LogP contribution in [0.4, 0.5) is 0 Å². The standard InChI is InChI=1S/C18H19NO4/c1-12-8-9-15(10-16(12)20)18(22)23-11-17(21)19-13(2)14-6-4-3-5-7-14/h3-10,13,20H,11H2,1-2H3,(H,19,21). The number of aromatic hydroxyl groups is 1. The lowest BCUT2D eigenvalue weighted by molar-refractivity contribution is -0.124. The van der Waals surface area contributed by atoms with Crippen molar-refractivity contribution in [2.45, 2.75) is 19.9 Å². The number of carbonyl (C=O) groups excluding carboxylic acids is 2. The van der Waals surface area contributed by atoms with Crippen LogP contribution in [0, 0.1) is 6.92 Å². The van der Waals surface area contributed by atoms with Gasteiger partial charge in [0.05, 0.1) is 11.6 Å². The summed E-state index contributed by atoms with van der Waals surface area (Å²) in [5.41, 5.74) is 1.84. The number of ether oxygens (including phenoxy) is 1. The summed E-state index contributed by atoms with van der Waals surface area (Å²) in [5, 5.41) is 12.3. The molecule has 0 spiro atoms. The average molecular weight is 313 g/mol. The van der Waals surface area contributed by atoms with Crippen molar-refractivity contribution >= 4 is 11.9 Å². The van der Waals surface area contributed by atoms with Crippen LogP contribution in [-0.4, -0.2) is 23.6 Å². The van der Waals surface area contributed by atoms with E-state index in [1.807, 2.05) is 37.3 Å². The van der Waals surface area contributed by atoms with Crippen LogP contribution in [0.5, 0.6) is 5.75 Å². The number of aryl methyl sites for hydroxylation is 1. The fourth-order valence-electron chi connectivity index (χ4n) is 2.06. The Kier molecular flexibility index (Phi) is 5.36. The lowest BCUT2D eigenvalue weighted by Gasteiger charge is -2.14. The van der Waals surface area contributed by atoms with Crippen LogP contribution in [0.25, 0.3) is 0 Å². The van der Waals surface area contributed by atoms with Gasteiger partial charge in [-0.05, 0) is 37.1 Å². The topological polar surface area (TPSA) is 75.6 Å². The molecule has 1 atom stereocenters. The van der Waals surface area contributed by atoms with Gasteiger partial charge in [0.1, 0.15) is 5.75 Å². The van der Waals surface area contributed by atoms with Crippen molar-refractivity contribution in [3.8, 4) is 5.75 Å². The number of phenolic OH excluding ortho intramolecular Hbond substituents is 1. The molecule has 0 saturated heterocycles. The fraction of sp³-hybridized carbons (Fsp3) is 0.222. The lowest BCUT2D eigenvalue weighted by Crippen LogP contribution is -2.31. The molecule has 1 amide bonds. The molecule has 5 nitrogen and oxygen atoms in total. The monoisotopic (exact) mass is 313 g/mol. The van der Waals surface area contributed by atoms with Gasteiger partial charge < -0.3 is 15.2 Å². The van der Waals surface area contributed by atoms with Crippen LogP contribution in [0.1, 0.15) is 34.5 Å². The van der Waals surface area contributed by atoms with Crippen molar-refractivity contribution < 1.29 is 19.4 Å². The molecule has 0 saturated carbocycles. The Balaban J connectivity index is 1.86. The van der Waals surface area contributed by atoms with Gasteiger partial charge in [-0.15, -0.1) is 0 Å². The lowest BCUT2D eigenvalue weighted by atomic mass is 10.1. The molecule has 0 aliphatic heterocycles. The van der Waals surface area contributed by atoms with E-state index in [1.165, 1.54) is 6.07 Å². The summed E-state index contributed by atoms with van der Waals surface area (Å²) in [6.45, 7) is 3.21. The Bertz CT molecular complexity index is 697. The van der Waals surface area contributed by atoms with E-state index in [-0.39, 0.29) is 29.9 Å². The van der Waals surface area contributed by atoms with Gasteiger partial charge in [-0.3, -0.25) is 4.79 Å². The molecular formula is C18H19NO4. The van der Waals surface area contributed by atoms with E-state index in [2.05, 4.69) is 5.32 Å². The van der Waals surface area contributed by atoms with Gasteiger partial charge in [-0.25, -0.2) is 4.79 Å². The van der Waals surface area contributed by atoms with E-state index in [9.17, 15) is 14.7 Å². The first-order chi connectivity index (χ1) is 11.0. The number of esters is 1. The maximum Gasteiger partial charge on any atom is 0.338 e. The molecule has 0 radical (unpaired) electrons. The molecule has 5 heteroatoms. The number of phenols is 1. The van der Waals surface area contributed by atoms with E-state index in [0.29, 0.717) is 5.56 Å². The van der Waals surface area contributed by atoms with Gasteiger partial charge in [-0.1, -0.05) is 36.4 Å². The molecule has 0 aliphatic carbocycles. The van der Waals surface area contributed by atoms with Crippen LogP contribution in [0.15, 0.2) is 48.5 Å². The normalized spacial score (nSPS) is 11.6. The minimum Gasteiger partial charge on any atom is -0.508 e. The minimum atomic E-state index is -0.650. The Morgan fingerprint density at radius 2 is 1.87 bits per heavy atom. The Morgan fingerprint density at radius 3 is 2.52 bits per heavy atom. The van der Waals surface area contributed by atoms with E-state index < -0.39 is 5.97 Å². The highest BCUT2D eigenvalue weighted by Crippen LogP contribution is 2.18. The van der Waals surface area contributed by atoms with E-state index >= 15 is 0 Å². The first-order valence-electron chi connectivity index (χ1n) is 7.28. The van der Waals surface area contributed by atoms with Gasteiger partial charge in [0.2, 0.25) is 0 Å². The highest BCUT2D eigenvalue weighted by molar-refractivity contribution is 5.91. The van der Waals surface area contributed by atoms with Crippen molar-refractivity contribution in [1.29, 1.82) is 0 Å². The third kappa shape index (κ3) is 4.57. The molecule has 2 aromatic rings. The zero-order valence-corrected chi connectivity index (χ0v) is 13.1. The predicted octanol–water partition coefficient (Wildman–Crippen LogP) is 2.73. The summed E-state index contributed by atoms with van der Waals surface area (Å²) < 4.78 is 4.96. The second-order valence-corrected chi connectivity index (χ2v) is 5.28. The molecule has 0 heterocycles. The molecule has 2 rings (SSSR count). The number of carbonyl (C=O) groups is 2. The summed E-state index contributed by atoms with van der Waals surface area (Å²) in [7, 11) is 0. The summed E-state index contributed by atoms with van der Waals surface area (Å²) in [4.78, 5) is 23.7. The third-order valence-electron chi connectivity index (χ3n) is 3.46. The van der Waals surface area contributed by atoms with Gasteiger partial charge in [0.15, 0.2) is 6.61 Å². The van der Waals surface area contributed by atoms with Crippen molar-refractivity contribution in [2.75, 3.05) is 6.61 Å². The third-order valence-corrected chi connectivity index (χ3v) is 3.46. The molecule has 0 bridgehead atoms. The van der Waals surface area contributed by atoms with Crippen molar-refractivity contribution in [3.63, 3.8) is 0 Å². The van der Waals surface area contributed by atoms with E-state index in [1.54, 1.807) is 19.1 Å². The average Bonchev–Trinajstić information content (AvgIpc) is 2.56. The summed E-state index contributed by atoms with van der Waals surface area (Å²) >= 11 is 0. The van der Waals surface area contributed by atoms with Crippen molar-refractivity contribution in [1.82, 2.24) is 5.32 Å². The van der Waals surface area contributed by atoms with Crippen LogP contribution >= 0.6 is 0 Å². The van der Waals surface area contributed by atoms with Crippen LogP contribution < -0.4 is 5.32 Å². The van der Waals surface area contributed by atoms with Crippen molar-refractivity contribution in [2.24, 2.45) is 0 Å². The number of rotatable bonds is 5. The molecule has 1 unspecified atom stereocenters. The number of benzene rings is 2. The zero-order chi connectivity index (χ0) is 16.8. The van der Waals surface area contributed by atoms with Crippen LogP contribution in [0.3, 0.4) is 0 Å². The smallest absolute Gasteiger partial charge is 0.338 e. The molecule has 0 fully saturated rings. The molecule has 0 aromatic heterocycles. The Morgan fingerprint density at radius 1 is 1.17 bits per heavy atom. The maximum atomic E-state index is 11.9. The number of amides is 1. The quantitative estimate of drug-likeness (QED) is 0.832. The highest BCUT2D eigenvalue weighted by Gasteiger charge is 2.13. The second-order valence-electron chi connectivity index (χ2n) is 5.28. The molecule has 23 heavy (non-hydrogen) atoms. The summed E-state index contributed by atoms with van der Waals surface area (Å²) in [6.07, 6.45) is 0. The summed E-state index contributed by atoms with van der Waals surface area (Å²) in [5.74, 6) is -1.02. The number of hydrogen-bond acceptors (Lipinski definition) is 4. The van der Waals surface area contributed by atoms with Crippen LogP contribution in [0.2, 0.25) is 0 Å². The molecule has 0 aliphatic rings. The van der Waals surface area contributed by atoms with E-state index in [4.69, 9.17) is 4.74 Å². The number of nitrogens with one attached hydrogen (secondary N) is 1. The minimum absolute atomic E-state index is 0.0154. The molecule has 120 valence electrons. The first-order valence-corrected chi connectivity index (χ1v) is 7.28. The Hall–Kier alpha value is -2.82. The molecule has 2 N–H and O–H groups in total. The van der Waals surface area contributed by atoms with Gasteiger partial charge in [0, 0.05) is 0 Å². The summed E-state index contributed by atoms with van der Waals surface area (Å²) in [6, 6.07) is 13.8. The first kappa shape index (κ1) is 16.5. The Labute approximate surface area is 134 Å². The maximum absolute atomic E-state index is 11.9. The SMILES string of the molecule is Cc1ccc(C(=O)OCC(=O)NC(C)c2ccccc2)cc1O. The largest absolute Gasteiger partial charge is 0.508 e. The highest BCUT2D eigenvalue weighted by atomic mass is 16.5. The predicted molar refractivity (Wildman–Crippen MR) is 86.1 cm³/mol. The van der Waals surface area contributed by atoms with Gasteiger partial charge in [0.25, 0.3) is 5.91 Å². The number of hydrogen-bond donors (Lipinski definition) is 2. The fourth-order valence-corrected chi connectivity index (χ4v) is 2.06. The van der Waals surface area contributed by atoms with E-state index in [0.717, 1.165) is 5.56 Å².